The van der Waals surface area contributed by atoms with E-state index < -0.39 is 7.12 Å². The van der Waals surface area contributed by atoms with Gasteiger partial charge in [0.15, 0.2) is 0 Å². The van der Waals surface area contributed by atoms with E-state index in [0.717, 1.165) is 23.9 Å². The Morgan fingerprint density at radius 1 is 1.14 bits per heavy atom. The first kappa shape index (κ1) is 20.9. The SMILES string of the molecule is CC(=O)N1CCC(C(=O)NCc2cccc(B3OC(C)(C)C(C)(C)O3)c2)CC1. The summed E-state index contributed by atoms with van der Waals surface area (Å²) in [5.74, 6) is 0.115. The smallest absolute Gasteiger partial charge is 0.399 e. The average molecular weight is 386 g/mol. The van der Waals surface area contributed by atoms with Gasteiger partial charge in [0.05, 0.1) is 11.2 Å². The summed E-state index contributed by atoms with van der Waals surface area (Å²) in [6.45, 7) is 11.5. The van der Waals surface area contributed by atoms with Crippen molar-refractivity contribution < 1.29 is 18.9 Å². The molecule has 1 N–H and O–H groups in total. The molecule has 0 saturated carbocycles. The fourth-order valence-corrected chi connectivity index (χ4v) is 3.62. The lowest BCUT2D eigenvalue weighted by atomic mass is 9.78. The Morgan fingerprint density at radius 3 is 2.32 bits per heavy atom. The molecule has 6 nitrogen and oxygen atoms in total. The van der Waals surface area contributed by atoms with Crippen molar-refractivity contribution in [2.75, 3.05) is 13.1 Å². The second-order valence-corrected chi connectivity index (χ2v) is 8.83. The van der Waals surface area contributed by atoms with E-state index in [2.05, 4.69) is 5.32 Å². The fourth-order valence-electron chi connectivity index (χ4n) is 3.62. The summed E-state index contributed by atoms with van der Waals surface area (Å²) in [5.41, 5.74) is 1.22. The first-order chi connectivity index (χ1) is 13.1. The lowest BCUT2D eigenvalue weighted by Gasteiger charge is -2.32. The van der Waals surface area contributed by atoms with Crippen LogP contribution >= 0.6 is 0 Å². The van der Waals surface area contributed by atoms with Crippen LogP contribution in [0.3, 0.4) is 0 Å². The van der Waals surface area contributed by atoms with Crippen molar-refractivity contribution in [3.8, 4) is 0 Å². The summed E-state index contributed by atoms with van der Waals surface area (Å²) >= 11 is 0. The number of hydrogen-bond donors (Lipinski definition) is 1. The van der Waals surface area contributed by atoms with E-state index in [1.165, 1.54) is 0 Å². The van der Waals surface area contributed by atoms with Crippen LogP contribution in [-0.2, 0) is 25.4 Å². The summed E-state index contributed by atoms with van der Waals surface area (Å²) in [6.07, 6.45) is 1.44. The number of amides is 2. The summed E-state index contributed by atoms with van der Waals surface area (Å²) < 4.78 is 12.2. The Morgan fingerprint density at radius 2 is 1.75 bits per heavy atom. The molecule has 28 heavy (non-hydrogen) atoms. The van der Waals surface area contributed by atoms with Crippen molar-refractivity contribution in [3.63, 3.8) is 0 Å². The first-order valence-corrected chi connectivity index (χ1v) is 10.1. The molecule has 2 saturated heterocycles. The van der Waals surface area contributed by atoms with E-state index >= 15 is 0 Å². The zero-order chi connectivity index (χ0) is 20.5. The highest BCUT2D eigenvalue weighted by molar-refractivity contribution is 6.62. The van der Waals surface area contributed by atoms with Crippen LogP contribution in [0.15, 0.2) is 24.3 Å². The molecule has 2 aliphatic rings. The van der Waals surface area contributed by atoms with Gasteiger partial charge in [0.1, 0.15) is 0 Å². The Hall–Kier alpha value is -1.86. The van der Waals surface area contributed by atoms with Gasteiger partial charge < -0.3 is 19.5 Å². The molecule has 2 heterocycles. The molecule has 2 aliphatic heterocycles. The van der Waals surface area contributed by atoms with Gasteiger partial charge in [-0.15, -0.1) is 0 Å². The maximum absolute atomic E-state index is 12.5. The fraction of sp³-hybridized carbons (Fsp3) is 0.619. The second kappa shape index (κ2) is 7.87. The maximum Gasteiger partial charge on any atom is 0.494 e. The molecule has 2 amide bonds. The van der Waals surface area contributed by atoms with Crippen LogP contribution in [0.4, 0.5) is 0 Å². The number of nitrogens with one attached hydrogen (secondary N) is 1. The molecule has 0 radical (unpaired) electrons. The third-order valence-corrected chi connectivity index (χ3v) is 6.25. The van der Waals surface area contributed by atoms with Crippen molar-refractivity contribution in [2.24, 2.45) is 5.92 Å². The number of likely N-dealkylation sites (tertiary alicyclic amines) is 1. The van der Waals surface area contributed by atoms with Crippen LogP contribution in [0.2, 0.25) is 0 Å². The van der Waals surface area contributed by atoms with E-state index in [0.29, 0.717) is 19.6 Å². The van der Waals surface area contributed by atoms with E-state index in [1.54, 1.807) is 11.8 Å². The lowest BCUT2D eigenvalue weighted by molar-refractivity contribution is -0.134. The quantitative estimate of drug-likeness (QED) is 0.803. The molecule has 0 aliphatic carbocycles. The third kappa shape index (κ3) is 4.41. The van der Waals surface area contributed by atoms with Crippen LogP contribution in [0.5, 0.6) is 0 Å². The molecule has 3 rings (SSSR count). The minimum atomic E-state index is -0.406. The average Bonchev–Trinajstić information content (AvgIpc) is 2.87. The number of hydrogen-bond acceptors (Lipinski definition) is 4. The van der Waals surface area contributed by atoms with Gasteiger partial charge >= 0.3 is 7.12 Å². The van der Waals surface area contributed by atoms with Crippen molar-refractivity contribution >= 4 is 24.4 Å². The molecule has 152 valence electrons. The standard InChI is InChI=1S/C21H31BN2O4/c1-15(25)24-11-9-17(10-12-24)19(26)23-14-16-7-6-8-18(13-16)22-27-20(2,3)21(4,5)28-22/h6-8,13,17H,9-12,14H2,1-5H3,(H,23,26). The Bertz CT molecular complexity index is 726. The summed E-state index contributed by atoms with van der Waals surface area (Å²) in [5, 5.41) is 3.04. The predicted molar refractivity (Wildman–Crippen MR) is 109 cm³/mol. The van der Waals surface area contributed by atoms with Gasteiger partial charge in [0.2, 0.25) is 11.8 Å². The number of benzene rings is 1. The van der Waals surface area contributed by atoms with Gasteiger partial charge in [-0.05, 0) is 51.6 Å². The predicted octanol–water partition coefficient (Wildman–Crippen LogP) is 1.86. The van der Waals surface area contributed by atoms with Gasteiger partial charge in [-0.2, -0.15) is 0 Å². The van der Waals surface area contributed by atoms with Crippen LogP contribution in [0.1, 0.15) is 53.0 Å². The second-order valence-electron chi connectivity index (χ2n) is 8.83. The number of piperidine rings is 1. The molecule has 0 atom stereocenters. The van der Waals surface area contributed by atoms with Gasteiger partial charge in [0.25, 0.3) is 0 Å². The van der Waals surface area contributed by atoms with Gasteiger partial charge in [0, 0.05) is 32.5 Å². The van der Waals surface area contributed by atoms with Crippen LogP contribution in [-0.4, -0.2) is 48.1 Å². The molecule has 0 unspecified atom stereocenters. The largest absolute Gasteiger partial charge is 0.494 e. The normalized spacial score (nSPS) is 21.6. The van der Waals surface area contributed by atoms with Crippen LogP contribution in [0, 0.1) is 5.92 Å². The van der Waals surface area contributed by atoms with Gasteiger partial charge in [-0.1, -0.05) is 24.3 Å². The molecular formula is C21H31BN2O4. The summed E-state index contributed by atoms with van der Waals surface area (Å²) in [7, 11) is -0.406. The van der Waals surface area contributed by atoms with Crippen molar-refractivity contribution in [2.45, 2.75) is 65.2 Å². The van der Waals surface area contributed by atoms with Crippen molar-refractivity contribution in [3.05, 3.63) is 29.8 Å². The lowest BCUT2D eigenvalue weighted by Crippen LogP contribution is -2.42. The number of carbonyl (C=O) groups excluding carboxylic acids is 2. The molecule has 1 aromatic carbocycles. The highest BCUT2D eigenvalue weighted by Gasteiger charge is 2.51. The van der Waals surface area contributed by atoms with Crippen molar-refractivity contribution in [1.29, 1.82) is 0 Å². The molecule has 1 aromatic rings. The van der Waals surface area contributed by atoms with E-state index in [1.807, 2.05) is 52.0 Å². The minimum absolute atomic E-state index is 0.0260. The van der Waals surface area contributed by atoms with E-state index in [-0.39, 0.29) is 28.9 Å². The molecule has 7 heteroatoms. The summed E-state index contributed by atoms with van der Waals surface area (Å²) in [4.78, 5) is 25.7. The van der Waals surface area contributed by atoms with Crippen LogP contribution in [0.25, 0.3) is 0 Å². The molecule has 0 aromatic heterocycles. The maximum atomic E-state index is 12.5. The zero-order valence-electron chi connectivity index (χ0n) is 17.6. The minimum Gasteiger partial charge on any atom is -0.399 e. The Kier molecular flexibility index (Phi) is 5.87. The first-order valence-electron chi connectivity index (χ1n) is 10.1. The molecule has 0 bridgehead atoms. The molecule has 2 fully saturated rings. The highest BCUT2D eigenvalue weighted by Crippen LogP contribution is 2.36. The molecule has 0 spiro atoms. The topological polar surface area (TPSA) is 67.9 Å². The van der Waals surface area contributed by atoms with Gasteiger partial charge in [-0.25, -0.2) is 0 Å². The van der Waals surface area contributed by atoms with Crippen molar-refractivity contribution in [1.82, 2.24) is 10.2 Å². The highest BCUT2D eigenvalue weighted by atomic mass is 16.7. The number of carbonyl (C=O) groups is 2. The van der Waals surface area contributed by atoms with E-state index in [4.69, 9.17) is 9.31 Å². The Labute approximate surface area is 168 Å². The van der Waals surface area contributed by atoms with Gasteiger partial charge in [-0.3, -0.25) is 9.59 Å². The zero-order valence-corrected chi connectivity index (χ0v) is 17.6. The monoisotopic (exact) mass is 386 g/mol. The Balaban J connectivity index is 1.56. The van der Waals surface area contributed by atoms with E-state index in [9.17, 15) is 9.59 Å². The number of nitrogens with zero attached hydrogens (tertiary/aromatic N) is 1. The molecular weight excluding hydrogens is 355 g/mol. The number of rotatable bonds is 4. The van der Waals surface area contributed by atoms with Crippen LogP contribution < -0.4 is 10.8 Å². The third-order valence-electron chi connectivity index (χ3n) is 6.25. The summed E-state index contributed by atoms with van der Waals surface area (Å²) in [6, 6.07) is 7.98.